The Morgan fingerprint density at radius 1 is 1.09 bits per heavy atom. The van der Waals surface area contributed by atoms with Crippen LogP contribution in [0.5, 0.6) is 17.2 Å². The zero-order chi connectivity index (χ0) is 40.0. The van der Waals surface area contributed by atoms with Crippen molar-refractivity contribution in [3.05, 3.63) is 100 Å². The summed E-state index contributed by atoms with van der Waals surface area (Å²) in [6.45, 7) is 5.29. The van der Waals surface area contributed by atoms with Crippen LogP contribution in [0.15, 0.2) is 98.3 Å². The van der Waals surface area contributed by atoms with Crippen LogP contribution in [0.3, 0.4) is 0 Å². The van der Waals surface area contributed by atoms with Crippen molar-refractivity contribution in [3.63, 3.8) is 0 Å². The summed E-state index contributed by atoms with van der Waals surface area (Å²) in [5.74, 6) is 3.34. The Kier molecular flexibility index (Phi) is 9.82. The highest BCUT2D eigenvalue weighted by atomic mass is 32.2. The van der Waals surface area contributed by atoms with E-state index in [4.69, 9.17) is 43.2 Å². The van der Waals surface area contributed by atoms with Gasteiger partial charge >= 0.3 is 5.97 Å². The van der Waals surface area contributed by atoms with Crippen LogP contribution in [-0.4, -0.2) is 60.1 Å². The van der Waals surface area contributed by atoms with Gasteiger partial charge < -0.3 is 44.6 Å². The van der Waals surface area contributed by atoms with Crippen LogP contribution in [0.2, 0.25) is 0 Å². The highest BCUT2D eigenvalue weighted by Crippen LogP contribution is 2.43. The number of aromatic hydroxyl groups is 1. The highest BCUT2D eigenvalue weighted by Gasteiger charge is 2.24. The summed E-state index contributed by atoms with van der Waals surface area (Å²) in [5.41, 5.74) is 10.3. The molecule has 57 heavy (non-hydrogen) atoms. The van der Waals surface area contributed by atoms with Crippen LogP contribution in [-0.2, 0) is 6.54 Å². The van der Waals surface area contributed by atoms with E-state index in [9.17, 15) is 19.8 Å². The van der Waals surface area contributed by atoms with E-state index in [-0.39, 0.29) is 35.3 Å². The van der Waals surface area contributed by atoms with Gasteiger partial charge in [0.2, 0.25) is 6.79 Å². The number of carboxylic acids is 1. The van der Waals surface area contributed by atoms with Gasteiger partial charge in [0.1, 0.15) is 22.6 Å². The van der Waals surface area contributed by atoms with Gasteiger partial charge in [-0.05, 0) is 86.6 Å². The third-order valence-corrected chi connectivity index (χ3v) is 11.0. The van der Waals surface area contributed by atoms with E-state index >= 15 is 0 Å². The predicted molar refractivity (Wildman–Crippen MR) is 222 cm³/mol. The number of phenols is 1. The Morgan fingerprint density at radius 3 is 2.65 bits per heavy atom. The molecule has 2 aliphatic heterocycles. The maximum absolute atomic E-state index is 12.8. The van der Waals surface area contributed by atoms with Crippen molar-refractivity contribution >= 4 is 68.6 Å². The molecule has 5 aromatic rings. The van der Waals surface area contributed by atoms with Crippen LogP contribution in [0.4, 0.5) is 11.5 Å². The van der Waals surface area contributed by atoms with E-state index < -0.39 is 5.97 Å². The molecule has 3 aliphatic rings. The van der Waals surface area contributed by atoms with Crippen molar-refractivity contribution in [1.82, 2.24) is 19.4 Å². The molecule has 286 valence electrons. The van der Waals surface area contributed by atoms with Gasteiger partial charge in [0.15, 0.2) is 33.0 Å². The van der Waals surface area contributed by atoms with E-state index in [0.717, 1.165) is 10.4 Å². The first-order valence-corrected chi connectivity index (χ1v) is 19.0. The fourth-order valence-electron chi connectivity index (χ4n) is 6.92. The van der Waals surface area contributed by atoms with Crippen molar-refractivity contribution < 1.29 is 28.9 Å². The van der Waals surface area contributed by atoms with Gasteiger partial charge in [0.05, 0.1) is 11.1 Å². The second-order valence-corrected chi connectivity index (χ2v) is 14.9. The van der Waals surface area contributed by atoms with Crippen molar-refractivity contribution in [2.24, 2.45) is 0 Å². The lowest BCUT2D eigenvalue weighted by Gasteiger charge is -2.30. The number of nitrogens with two attached hydrogens (primary N) is 1. The Hall–Kier alpha value is -6.76. The smallest absolute Gasteiger partial charge is 0.336 e. The number of carbonyl (C=O) groups is 1. The number of aromatic nitrogens is 3. The number of imidazole rings is 1. The zero-order valence-electron chi connectivity index (χ0n) is 30.6. The molecule has 3 aromatic carbocycles. The van der Waals surface area contributed by atoms with Crippen molar-refractivity contribution in [3.8, 4) is 52.0 Å². The van der Waals surface area contributed by atoms with Crippen molar-refractivity contribution in [2.75, 3.05) is 24.4 Å². The summed E-state index contributed by atoms with van der Waals surface area (Å²) in [5, 5.41) is 25.6. The summed E-state index contributed by atoms with van der Waals surface area (Å²) in [6.07, 6.45) is 8.18. The maximum atomic E-state index is 12.8. The number of aromatic carboxylic acids is 1. The Labute approximate surface area is 335 Å². The number of pyridine rings is 1. The number of nitrogens with zero attached hydrogens (tertiary/aromatic N) is 4. The van der Waals surface area contributed by atoms with Crippen molar-refractivity contribution in [1.29, 1.82) is 0 Å². The van der Waals surface area contributed by atoms with Gasteiger partial charge in [-0.1, -0.05) is 23.7 Å². The molecule has 0 amide bonds. The predicted octanol–water partition coefficient (Wildman–Crippen LogP) is 7.65. The number of nitrogen functional groups attached to an aromatic ring is 1. The third kappa shape index (κ3) is 7.12. The molecular formula is C42H34N6O7S2. The Morgan fingerprint density at radius 2 is 1.88 bits per heavy atom. The first kappa shape index (κ1) is 37.2. The number of hydrogen-bond acceptors (Lipinski definition) is 11. The molecule has 0 atom stereocenters. The highest BCUT2D eigenvalue weighted by molar-refractivity contribution is 7.99. The molecule has 4 heterocycles. The Balaban J connectivity index is 1.05. The number of ether oxygens (including phenoxy) is 2. The van der Waals surface area contributed by atoms with Gasteiger partial charge in [-0.15, -0.1) is 6.42 Å². The molecule has 2 aromatic heterocycles. The summed E-state index contributed by atoms with van der Waals surface area (Å²) in [7, 11) is 0. The topological polar surface area (TPSA) is 178 Å². The number of rotatable bonds is 10. The molecule has 0 bridgehead atoms. The second kappa shape index (κ2) is 15.1. The largest absolute Gasteiger partial charge is 0.508 e. The minimum Gasteiger partial charge on any atom is -0.508 e. The first-order chi connectivity index (χ1) is 27.5. The quantitative estimate of drug-likeness (QED) is 0.0602. The number of terminal acetylenes is 1. The number of phenolic OH excluding ortho intramolecular Hbond substituents is 1. The number of fused-ring (bicyclic) bond motifs is 4. The van der Waals surface area contributed by atoms with Gasteiger partial charge in [0.25, 0.3) is 0 Å². The molecule has 1 aliphatic carbocycles. The van der Waals surface area contributed by atoms with Crippen LogP contribution in [0.1, 0.15) is 36.2 Å². The van der Waals surface area contributed by atoms with E-state index in [1.807, 2.05) is 30.9 Å². The van der Waals surface area contributed by atoms with Crippen LogP contribution in [0, 0.1) is 12.3 Å². The molecular weight excluding hydrogens is 765 g/mol. The number of aryl methyl sites for hydroxylation is 1. The van der Waals surface area contributed by atoms with Gasteiger partial charge in [-0.25, -0.2) is 14.8 Å². The van der Waals surface area contributed by atoms with E-state index in [1.54, 1.807) is 36.5 Å². The van der Waals surface area contributed by atoms with E-state index in [1.165, 1.54) is 42.1 Å². The summed E-state index contributed by atoms with van der Waals surface area (Å²) < 4.78 is 19.2. The van der Waals surface area contributed by atoms with Gasteiger partial charge in [-0.3, -0.25) is 4.79 Å². The van der Waals surface area contributed by atoms with Crippen LogP contribution >= 0.6 is 24.0 Å². The standard InChI is InChI=1S/C42H34N6O7S2/c1-4-23-16-34-35(54-21-53-34)20-36(23)57-42-46-38-31(12-13-44-39(38)43)48(42)15-5-14-47(22(2)3)41(56)45-24-6-9-27(30(17-24)40(51)52)37-28-10-7-25(49)18-32(28)55-33-19-26(50)8-11-29(33)37/h1,6-13,16-20,22,49H,5,14-15,21H2,2-3H3,(H2,43,44)(H,45,56)(H,51,52). The van der Waals surface area contributed by atoms with Crippen molar-refractivity contribution in [2.45, 2.75) is 42.9 Å². The molecule has 0 unspecified atom stereocenters. The SMILES string of the molecule is C#Cc1cc2c(cc1Sc1nc3c(N)nccc3n1CCCN(C(=S)Nc1ccc(-c3c4ccc(=O)cc-4oc4cc(O)ccc34)c(C(=O)O)c1)C(C)C)OCO2. The molecule has 15 heteroatoms. The van der Waals surface area contributed by atoms with Gasteiger partial charge in [0, 0.05) is 76.2 Å². The molecule has 0 spiro atoms. The van der Waals surface area contributed by atoms with E-state index in [2.05, 4.69) is 20.8 Å². The number of anilines is 2. The fraction of sp³-hybridized carbons (Fsp3) is 0.167. The summed E-state index contributed by atoms with van der Waals surface area (Å²) >= 11 is 7.32. The number of thiocarbonyl (C=S) groups is 1. The number of carboxylic acid groups (broad SMARTS) is 1. The molecule has 0 saturated heterocycles. The summed E-state index contributed by atoms with van der Waals surface area (Å²) in [6, 6.07) is 19.5. The van der Waals surface area contributed by atoms with Gasteiger partial charge in [-0.2, -0.15) is 0 Å². The second-order valence-electron chi connectivity index (χ2n) is 13.5. The van der Waals surface area contributed by atoms with E-state index in [0.29, 0.717) is 91.5 Å². The Bertz CT molecular complexity index is 2830. The lowest BCUT2D eigenvalue weighted by atomic mass is 9.90. The average molecular weight is 799 g/mol. The fourth-order valence-corrected chi connectivity index (χ4v) is 8.37. The van der Waals surface area contributed by atoms with Crippen LogP contribution in [0.25, 0.3) is 44.5 Å². The third-order valence-electron chi connectivity index (χ3n) is 9.60. The maximum Gasteiger partial charge on any atom is 0.336 e. The van der Waals surface area contributed by atoms with Crippen LogP contribution < -0.4 is 26.0 Å². The molecule has 0 fully saturated rings. The molecule has 8 rings (SSSR count). The minimum absolute atomic E-state index is 0.00335. The lowest BCUT2D eigenvalue weighted by molar-refractivity contribution is 0.0697. The normalized spacial score (nSPS) is 12.0. The number of nitrogens with one attached hydrogen (secondary N) is 1. The average Bonchev–Trinajstić information content (AvgIpc) is 3.79. The number of benzene rings is 4. The minimum atomic E-state index is -1.16. The molecule has 0 saturated carbocycles. The molecule has 13 nitrogen and oxygen atoms in total. The first-order valence-electron chi connectivity index (χ1n) is 17.8. The molecule has 5 N–H and O–H groups in total. The lowest BCUT2D eigenvalue weighted by Crippen LogP contribution is -2.40. The zero-order valence-corrected chi connectivity index (χ0v) is 32.2. The monoisotopic (exact) mass is 798 g/mol. The molecule has 0 radical (unpaired) electrons. The number of hydrogen-bond donors (Lipinski definition) is 4. The summed E-state index contributed by atoms with van der Waals surface area (Å²) in [4.78, 5) is 37.0.